The molecule has 0 spiro atoms. The van der Waals surface area contributed by atoms with Crippen molar-refractivity contribution in [3.05, 3.63) is 24.3 Å². The van der Waals surface area contributed by atoms with Gasteiger partial charge in [-0.2, -0.15) is 5.06 Å². The van der Waals surface area contributed by atoms with Crippen molar-refractivity contribution in [1.29, 1.82) is 0 Å². The molecule has 0 radical (unpaired) electrons. The van der Waals surface area contributed by atoms with Gasteiger partial charge < -0.3 is 5.73 Å². The zero-order valence-electron chi connectivity index (χ0n) is 9.51. The molecule has 1 heterocycles. The fourth-order valence-corrected chi connectivity index (χ4v) is 1.70. The van der Waals surface area contributed by atoms with Crippen LogP contribution in [-0.4, -0.2) is 12.0 Å². The predicted molar refractivity (Wildman–Crippen MR) is 62.7 cm³/mol. The van der Waals surface area contributed by atoms with Gasteiger partial charge in [0.2, 0.25) is 0 Å². The van der Waals surface area contributed by atoms with E-state index in [0.717, 1.165) is 0 Å². The minimum Gasteiger partial charge on any atom is -0.399 e. The third-order valence-corrected chi connectivity index (χ3v) is 2.69. The second-order valence-corrected chi connectivity index (χ2v) is 4.38. The smallest absolute Gasteiger partial charge is 0.253 e. The summed E-state index contributed by atoms with van der Waals surface area (Å²) in [5.74, 6) is 0.319. The Morgan fingerprint density at radius 1 is 1.50 bits per heavy atom. The van der Waals surface area contributed by atoms with E-state index in [0.29, 0.717) is 23.7 Å². The molecule has 1 aromatic rings. The summed E-state index contributed by atoms with van der Waals surface area (Å²) in [5.41, 5.74) is 7.00. The molecule has 1 saturated heterocycles. The van der Waals surface area contributed by atoms with Gasteiger partial charge in [0.25, 0.3) is 5.91 Å². The van der Waals surface area contributed by atoms with Crippen LogP contribution in [0.3, 0.4) is 0 Å². The number of hydrogen-bond acceptors (Lipinski definition) is 3. The number of anilines is 2. The summed E-state index contributed by atoms with van der Waals surface area (Å²) in [6.45, 7) is 4.08. The molecule has 2 N–H and O–H groups in total. The van der Waals surface area contributed by atoms with Crippen LogP contribution >= 0.6 is 0 Å². The van der Waals surface area contributed by atoms with Gasteiger partial charge >= 0.3 is 0 Å². The third kappa shape index (κ3) is 2.02. The van der Waals surface area contributed by atoms with Gasteiger partial charge in [0.1, 0.15) is 0 Å². The number of benzene rings is 1. The molecule has 1 unspecified atom stereocenters. The number of rotatable bonds is 2. The first-order chi connectivity index (χ1) is 7.58. The van der Waals surface area contributed by atoms with Crippen molar-refractivity contribution in [2.24, 2.45) is 5.92 Å². The fraction of sp³-hybridized carbons (Fsp3) is 0.417. The van der Waals surface area contributed by atoms with Crippen molar-refractivity contribution >= 4 is 17.3 Å². The number of nitrogens with two attached hydrogens (primary N) is 1. The van der Waals surface area contributed by atoms with Gasteiger partial charge in [0.15, 0.2) is 0 Å². The number of hydrogen-bond donors (Lipinski definition) is 1. The van der Waals surface area contributed by atoms with Crippen molar-refractivity contribution in [2.75, 3.05) is 10.8 Å². The van der Waals surface area contributed by atoms with Gasteiger partial charge in [-0.3, -0.25) is 9.63 Å². The van der Waals surface area contributed by atoms with Crippen molar-refractivity contribution in [2.45, 2.75) is 26.4 Å². The van der Waals surface area contributed by atoms with E-state index >= 15 is 0 Å². The molecule has 0 bridgehead atoms. The number of nitrogens with zero attached hydrogens (tertiary/aromatic N) is 1. The highest BCUT2D eigenvalue weighted by Gasteiger charge is 2.33. The highest BCUT2D eigenvalue weighted by atomic mass is 16.7. The Labute approximate surface area is 94.9 Å². The summed E-state index contributed by atoms with van der Waals surface area (Å²) in [6, 6.07) is 7.14. The Morgan fingerprint density at radius 2 is 2.25 bits per heavy atom. The van der Waals surface area contributed by atoms with E-state index < -0.39 is 0 Å². The van der Waals surface area contributed by atoms with Crippen LogP contribution in [-0.2, 0) is 9.63 Å². The van der Waals surface area contributed by atoms with Gasteiger partial charge in [0, 0.05) is 5.69 Å². The van der Waals surface area contributed by atoms with E-state index in [1.807, 2.05) is 26.0 Å². The normalized spacial score (nSPS) is 20.8. The Morgan fingerprint density at radius 3 is 2.81 bits per heavy atom. The number of amides is 1. The summed E-state index contributed by atoms with van der Waals surface area (Å²) >= 11 is 0. The van der Waals surface area contributed by atoms with Crippen molar-refractivity contribution in [3.8, 4) is 0 Å². The van der Waals surface area contributed by atoms with E-state index in [2.05, 4.69) is 0 Å². The molecule has 86 valence electrons. The first-order valence-electron chi connectivity index (χ1n) is 5.43. The van der Waals surface area contributed by atoms with E-state index in [1.54, 1.807) is 12.1 Å². The molecule has 1 aliphatic heterocycles. The summed E-state index contributed by atoms with van der Waals surface area (Å²) in [7, 11) is 0. The third-order valence-electron chi connectivity index (χ3n) is 2.69. The molecular weight excluding hydrogens is 204 g/mol. The lowest BCUT2D eigenvalue weighted by Crippen LogP contribution is -2.24. The summed E-state index contributed by atoms with van der Waals surface area (Å²) < 4.78 is 0. The van der Waals surface area contributed by atoms with E-state index in [1.165, 1.54) is 5.06 Å². The zero-order valence-corrected chi connectivity index (χ0v) is 9.51. The van der Waals surface area contributed by atoms with Crippen LogP contribution in [0.2, 0.25) is 0 Å². The van der Waals surface area contributed by atoms with Crippen LogP contribution in [0.4, 0.5) is 11.4 Å². The molecule has 1 amide bonds. The predicted octanol–water partition coefficient (Wildman–Crippen LogP) is 1.96. The summed E-state index contributed by atoms with van der Waals surface area (Å²) in [6.07, 6.45) is 0.404. The average Bonchev–Trinajstić information content (AvgIpc) is 2.60. The lowest BCUT2D eigenvalue weighted by molar-refractivity contribution is -0.119. The first kappa shape index (κ1) is 11.0. The maximum atomic E-state index is 11.8. The van der Waals surface area contributed by atoms with Crippen LogP contribution < -0.4 is 10.8 Å². The Kier molecular flexibility index (Phi) is 2.83. The van der Waals surface area contributed by atoms with Crippen LogP contribution in [0.5, 0.6) is 0 Å². The van der Waals surface area contributed by atoms with Crippen molar-refractivity contribution in [1.82, 2.24) is 0 Å². The minimum absolute atomic E-state index is 0.00991. The molecule has 1 atom stereocenters. The number of hydroxylamine groups is 1. The van der Waals surface area contributed by atoms with Crippen LogP contribution in [0.25, 0.3) is 0 Å². The standard InChI is InChI=1S/C12H16N2O2/c1-8(2)11-7-12(15)14(16-11)10-5-3-4-9(13)6-10/h3-6,8,11H,7,13H2,1-2H3. The number of carbonyl (C=O) groups excluding carboxylic acids is 1. The van der Waals surface area contributed by atoms with Crippen molar-refractivity contribution in [3.63, 3.8) is 0 Å². The fourth-order valence-electron chi connectivity index (χ4n) is 1.70. The zero-order chi connectivity index (χ0) is 11.7. The van der Waals surface area contributed by atoms with E-state index in [-0.39, 0.29) is 12.0 Å². The molecule has 1 aliphatic rings. The van der Waals surface area contributed by atoms with Gasteiger partial charge in [-0.15, -0.1) is 0 Å². The average molecular weight is 220 g/mol. The van der Waals surface area contributed by atoms with Gasteiger partial charge in [-0.25, -0.2) is 0 Å². The second-order valence-electron chi connectivity index (χ2n) is 4.38. The Hall–Kier alpha value is -1.55. The molecule has 1 fully saturated rings. The maximum absolute atomic E-state index is 11.8. The van der Waals surface area contributed by atoms with Crippen LogP contribution in [0, 0.1) is 5.92 Å². The number of nitrogen functional groups attached to an aromatic ring is 1. The molecule has 0 aliphatic carbocycles. The maximum Gasteiger partial charge on any atom is 0.253 e. The van der Waals surface area contributed by atoms with Crippen molar-refractivity contribution < 1.29 is 9.63 Å². The molecule has 1 aromatic carbocycles. The number of carbonyl (C=O) groups is 1. The summed E-state index contributed by atoms with van der Waals surface area (Å²) in [4.78, 5) is 17.4. The Bertz CT molecular complexity index is 404. The van der Waals surface area contributed by atoms with E-state index in [9.17, 15) is 4.79 Å². The molecule has 2 rings (SSSR count). The molecule has 4 nitrogen and oxygen atoms in total. The van der Waals surface area contributed by atoms with Gasteiger partial charge in [0.05, 0.1) is 18.2 Å². The minimum atomic E-state index is -0.0334. The molecule has 4 heteroatoms. The SMILES string of the molecule is CC(C)C1CC(=O)N(c2cccc(N)c2)O1. The molecule has 0 aromatic heterocycles. The quantitative estimate of drug-likeness (QED) is 0.775. The van der Waals surface area contributed by atoms with E-state index in [4.69, 9.17) is 10.6 Å². The highest BCUT2D eigenvalue weighted by Crippen LogP contribution is 2.28. The van der Waals surface area contributed by atoms with Crippen LogP contribution in [0.15, 0.2) is 24.3 Å². The lowest BCUT2D eigenvalue weighted by Gasteiger charge is -2.18. The monoisotopic (exact) mass is 220 g/mol. The summed E-state index contributed by atoms with van der Waals surface area (Å²) in [5, 5.41) is 1.35. The lowest BCUT2D eigenvalue weighted by atomic mass is 10.1. The molecule has 16 heavy (non-hydrogen) atoms. The largest absolute Gasteiger partial charge is 0.399 e. The highest BCUT2D eigenvalue weighted by molar-refractivity contribution is 5.93. The second kappa shape index (κ2) is 4.14. The van der Waals surface area contributed by atoms with Gasteiger partial charge in [-0.05, 0) is 24.1 Å². The topological polar surface area (TPSA) is 55.6 Å². The Balaban J connectivity index is 2.20. The van der Waals surface area contributed by atoms with Gasteiger partial charge in [-0.1, -0.05) is 19.9 Å². The van der Waals surface area contributed by atoms with Crippen LogP contribution in [0.1, 0.15) is 20.3 Å². The first-order valence-corrected chi connectivity index (χ1v) is 5.43. The molecular formula is C12H16N2O2. The molecule has 0 saturated carbocycles.